The van der Waals surface area contributed by atoms with Crippen LogP contribution in [0.3, 0.4) is 0 Å². The maximum atomic E-state index is 12.4. The second-order valence-corrected chi connectivity index (χ2v) is 9.50. The Morgan fingerprint density at radius 3 is 2.64 bits per heavy atom. The molecule has 0 saturated heterocycles. The predicted molar refractivity (Wildman–Crippen MR) is 107 cm³/mol. The molecule has 5 nitrogen and oxygen atoms in total. The third kappa shape index (κ3) is 5.64. The topological polar surface area (TPSA) is 72.0 Å². The van der Waals surface area contributed by atoms with Crippen molar-refractivity contribution >= 4 is 28.7 Å². The first kappa shape index (κ1) is 20.1. The van der Waals surface area contributed by atoms with Crippen LogP contribution in [0.1, 0.15) is 39.8 Å². The zero-order valence-corrected chi connectivity index (χ0v) is 17.0. The number of rotatable bonds is 6. The van der Waals surface area contributed by atoms with Crippen molar-refractivity contribution in [3.8, 4) is 0 Å². The molecule has 0 fully saturated rings. The van der Waals surface area contributed by atoms with Gasteiger partial charge in [0.15, 0.2) is 0 Å². The van der Waals surface area contributed by atoms with Gasteiger partial charge in [-0.3, -0.25) is 4.98 Å². The second-order valence-electron chi connectivity index (χ2n) is 7.07. The molecule has 138 valence electrons. The first-order valence-corrected chi connectivity index (χ1v) is 9.94. The molecule has 3 atom stereocenters. The fourth-order valence-electron chi connectivity index (χ4n) is 2.27. The minimum atomic E-state index is -1.14. The minimum Gasteiger partial charge on any atom is -0.598 e. The van der Waals surface area contributed by atoms with Gasteiger partial charge in [-0.15, -0.1) is 4.72 Å². The average molecular weight is 383 g/mol. The molecule has 1 aromatic heterocycles. The lowest BCUT2D eigenvalue weighted by atomic mass is 10.0. The van der Waals surface area contributed by atoms with Crippen LogP contribution in [0.2, 0.25) is 0 Å². The summed E-state index contributed by atoms with van der Waals surface area (Å²) in [6.07, 6.45) is 6.24. The van der Waals surface area contributed by atoms with Crippen LogP contribution in [0.5, 0.6) is 0 Å². The van der Waals surface area contributed by atoms with Crippen molar-refractivity contribution in [3.63, 3.8) is 0 Å². The largest absolute Gasteiger partial charge is 0.598 e. The van der Waals surface area contributed by atoms with Crippen LogP contribution in [0.15, 0.2) is 41.2 Å². The van der Waals surface area contributed by atoms with E-state index in [2.05, 4.69) is 27.3 Å². The highest BCUT2D eigenvalue weighted by atomic mass is 35.5. The summed E-state index contributed by atoms with van der Waals surface area (Å²) < 4.78 is 15.3. The summed E-state index contributed by atoms with van der Waals surface area (Å²) in [5.41, 5.74) is 2.85. The third-order valence-corrected chi connectivity index (χ3v) is 5.77. The highest BCUT2D eigenvalue weighted by Crippen LogP contribution is 2.23. The number of pyridine rings is 1. The molecule has 7 heteroatoms. The number of nitrogens with zero attached hydrogens (tertiary/aromatic N) is 1. The van der Waals surface area contributed by atoms with Crippen LogP contribution in [-0.4, -0.2) is 26.5 Å². The molecular weight excluding hydrogens is 356 g/mol. The predicted octanol–water partition coefficient (Wildman–Crippen LogP) is 3.57. The number of anilines is 1. The Hall–Kier alpha value is -1.21. The van der Waals surface area contributed by atoms with Crippen LogP contribution in [0.4, 0.5) is 5.69 Å². The van der Waals surface area contributed by atoms with Crippen molar-refractivity contribution in [2.45, 2.75) is 58.0 Å². The van der Waals surface area contributed by atoms with E-state index < -0.39 is 11.4 Å². The Morgan fingerprint density at radius 1 is 1.40 bits per heavy atom. The van der Waals surface area contributed by atoms with Gasteiger partial charge in [-0.05, 0) is 57.9 Å². The Morgan fingerprint density at radius 2 is 2.12 bits per heavy atom. The van der Waals surface area contributed by atoms with E-state index in [4.69, 9.17) is 11.6 Å². The van der Waals surface area contributed by atoms with Gasteiger partial charge in [0.1, 0.15) is 10.9 Å². The molecule has 0 aliphatic carbocycles. The number of aromatic nitrogens is 1. The fraction of sp³-hybridized carbons (Fsp3) is 0.500. The summed E-state index contributed by atoms with van der Waals surface area (Å²) in [4.78, 5) is 4.27. The number of hydrogen-bond acceptors (Lipinski definition) is 5. The van der Waals surface area contributed by atoms with E-state index in [1.807, 2.05) is 52.1 Å². The lowest BCUT2D eigenvalue weighted by Crippen LogP contribution is -2.46. The van der Waals surface area contributed by atoms with Gasteiger partial charge in [0, 0.05) is 23.3 Å². The summed E-state index contributed by atoms with van der Waals surface area (Å²) in [5.74, 6) is 0. The summed E-state index contributed by atoms with van der Waals surface area (Å²) in [5, 5.41) is 7.22. The molecule has 0 saturated carbocycles. The Bertz CT molecular complexity index is 639. The zero-order valence-electron chi connectivity index (χ0n) is 15.4. The maximum Gasteiger partial charge on any atom is 0.136 e. The summed E-state index contributed by atoms with van der Waals surface area (Å²) in [7, 11) is 0. The zero-order chi connectivity index (χ0) is 18.6. The van der Waals surface area contributed by atoms with E-state index in [1.54, 1.807) is 6.20 Å². The fourth-order valence-corrected chi connectivity index (χ4v) is 3.43. The molecule has 1 aliphatic heterocycles. The first-order chi connectivity index (χ1) is 11.7. The van der Waals surface area contributed by atoms with Crippen LogP contribution in [-0.2, 0) is 11.4 Å². The van der Waals surface area contributed by atoms with Gasteiger partial charge in [-0.2, -0.15) is 0 Å². The van der Waals surface area contributed by atoms with E-state index in [-0.39, 0.29) is 17.0 Å². The van der Waals surface area contributed by atoms with E-state index in [1.165, 1.54) is 0 Å². The van der Waals surface area contributed by atoms with E-state index in [0.29, 0.717) is 5.03 Å². The van der Waals surface area contributed by atoms with Crippen LogP contribution >= 0.6 is 11.6 Å². The van der Waals surface area contributed by atoms with Gasteiger partial charge >= 0.3 is 0 Å². The molecule has 3 N–H and O–H groups in total. The van der Waals surface area contributed by atoms with Crippen LogP contribution in [0, 0.1) is 6.92 Å². The molecule has 0 bridgehead atoms. The van der Waals surface area contributed by atoms with Crippen molar-refractivity contribution < 1.29 is 4.55 Å². The molecule has 0 spiro atoms. The van der Waals surface area contributed by atoms with Crippen molar-refractivity contribution in [3.05, 3.63) is 46.9 Å². The summed E-state index contributed by atoms with van der Waals surface area (Å²) in [6.45, 7) is 9.87. The normalized spacial score (nSPS) is 20.2. The van der Waals surface area contributed by atoms with Gasteiger partial charge in [0.05, 0.1) is 23.0 Å². The van der Waals surface area contributed by atoms with Gasteiger partial charge in [0.25, 0.3) is 0 Å². The molecule has 0 radical (unpaired) electrons. The molecule has 25 heavy (non-hydrogen) atoms. The number of dihydropyridines is 1. The standard InChI is InChI=1S/C18H27ClN4OS/c1-6-16(23-25(24)18(3,4)5)13-9-15(19)17(21-10-13)22-14-8-7-12(2)20-11-14/h7-11,16-17,21-23H,6H2,1-5H3/t16-,17?,25-/m1/s1. The lowest BCUT2D eigenvalue weighted by molar-refractivity contribution is 0.528. The molecule has 0 aromatic carbocycles. The number of nitrogens with one attached hydrogen (secondary N) is 3. The summed E-state index contributed by atoms with van der Waals surface area (Å²) in [6, 6.07) is 3.89. The van der Waals surface area contributed by atoms with Crippen molar-refractivity contribution in [2.24, 2.45) is 0 Å². The van der Waals surface area contributed by atoms with Gasteiger partial charge in [-0.25, -0.2) is 0 Å². The molecule has 1 aliphatic rings. The molecular formula is C18H27ClN4OS. The Balaban J connectivity index is 2.03. The van der Waals surface area contributed by atoms with E-state index in [0.717, 1.165) is 23.4 Å². The first-order valence-electron chi connectivity index (χ1n) is 8.41. The van der Waals surface area contributed by atoms with E-state index in [9.17, 15) is 4.55 Å². The smallest absolute Gasteiger partial charge is 0.136 e. The minimum absolute atomic E-state index is 0.0247. The van der Waals surface area contributed by atoms with Crippen molar-refractivity contribution in [1.82, 2.24) is 15.0 Å². The summed E-state index contributed by atoms with van der Waals surface area (Å²) >= 11 is 5.32. The number of aryl methyl sites for hydroxylation is 1. The number of hydrogen-bond donors (Lipinski definition) is 3. The van der Waals surface area contributed by atoms with Gasteiger partial charge < -0.3 is 15.2 Å². The number of halogens is 1. The Labute approximate surface area is 158 Å². The van der Waals surface area contributed by atoms with Crippen molar-refractivity contribution in [2.75, 3.05) is 5.32 Å². The third-order valence-electron chi connectivity index (χ3n) is 3.84. The monoisotopic (exact) mass is 382 g/mol. The van der Waals surface area contributed by atoms with Crippen LogP contribution < -0.4 is 15.4 Å². The van der Waals surface area contributed by atoms with E-state index >= 15 is 0 Å². The molecule has 2 rings (SSSR count). The highest BCUT2D eigenvalue weighted by Gasteiger charge is 2.30. The van der Waals surface area contributed by atoms with Crippen molar-refractivity contribution in [1.29, 1.82) is 0 Å². The van der Waals surface area contributed by atoms with Gasteiger partial charge in [0.2, 0.25) is 0 Å². The maximum absolute atomic E-state index is 12.4. The second kappa shape index (κ2) is 8.45. The highest BCUT2D eigenvalue weighted by molar-refractivity contribution is 7.90. The Kier molecular flexibility index (Phi) is 6.79. The van der Waals surface area contributed by atoms with Gasteiger partial charge in [-0.1, -0.05) is 18.5 Å². The molecule has 1 unspecified atom stereocenters. The quantitative estimate of drug-likeness (QED) is 0.656. The SMILES string of the molecule is CC[C@@H](N[S@+]([O-])C(C)(C)C)C1=CNC(Nc2ccc(C)nc2)C(Cl)=C1. The molecule has 0 amide bonds. The lowest BCUT2D eigenvalue weighted by Gasteiger charge is -2.30. The van der Waals surface area contributed by atoms with Crippen LogP contribution in [0.25, 0.3) is 0 Å². The molecule has 1 aromatic rings. The average Bonchev–Trinajstić information content (AvgIpc) is 2.55. The molecule has 2 heterocycles.